The molecule has 2 N–H and O–H groups in total. The van der Waals surface area contributed by atoms with Crippen LogP contribution in [-0.4, -0.2) is 15.1 Å². The topological polar surface area (TPSA) is 64.2 Å². The smallest absolute Gasteiger partial charge is 0.123 e. The van der Waals surface area contributed by atoms with Gasteiger partial charge in [-0.05, 0) is 67.6 Å². The zero-order valence-corrected chi connectivity index (χ0v) is 15.0. The molecule has 0 unspecified atom stereocenters. The van der Waals surface area contributed by atoms with Gasteiger partial charge in [-0.2, -0.15) is 5.26 Å². The lowest BCUT2D eigenvalue weighted by Gasteiger charge is -2.33. The van der Waals surface area contributed by atoms with E-state index in [9.17, 15) is 14.6 Å². The van der Waals surface area contributed by atoms with Crippen molar-refractivity contribution in [2.45, 2.75) is 43.8 Å². The van der Waals surface area contributed by atoms with E-state index < -0.39 is 16.3 Å². The van der Waals surface area contributed by atoms with Gasteiger partial charge in [0.05, 0.1) is 18.2 Å². The summed E-state index contributed by atoms with van der Waals surface area (Å²) in [7, 11) is 0. The summed E-state index contributed by atoms with van der Waals surface area (Å²) in [5.74, 6) is -0.397. The summed E-state index contributed by atoms with van der Waals surface area (Å²) in [5.41, 5.74) is 0.396. The molecule has 0 spiro atoms. The lowest BCUT2D eigenvalue weighted by Crippen LogP contribution is -2.31. The molecule has 0 saturated heterocycles. The van der Waals surface area contributed by atoms with Gasteiger partial charge in [0, 0.05) is 4.87 Å². The molecule has 0 aromatic heterocycles. The molecule has 1 atom stereocenters. The maximum Gasteiger partial charge on any atom is 0.123 e. The highest BCUT2D eigenvalue weighted by Crippen LogP contribution is 2.39. The van der Waals surface area contributed by atoms with Crippen molar-refractivity contribution in [2.24, 2.45) is 0 Å². The summed E-state index contributed by atoms with van der Waals surface area (Å²) in [5, 5.41) is 30.3. The highest BCUT2D eigenvalue weighted by Gasteiger charge is 2.35. The van der Waals surface area contributed by atoms with E-state index in [1.807, 2.05) is 19.9 Å². The minimum Gasteiger partial charge on any atom is -0.392 e. The van der Waals surface area contributed by atoms with E-state index in [0.29, 0.717) is 28.7 Å². The van der Waals surface area contributed by atoms with Crippen LogP contribution in [0.2, 0.25) is 0 Å². The van der Waals surface area contributed by atoms with Crippen molar-refractivity contribution < 1.29 is 14.6 Å². The van der Waals surface area contributed by atoms with Crippen LogP contribution in [0.4, 0.5) is 4.39 Å². The van der Waals surface area contributed by atoms with E-state index in [4.69, 9.17) is 16.9 Å². The number of hydrogen-bond donors (Lipinski definition) is 2. The highest BCUT2D eigenvalue weighted by molar-refractivity contribution is 6.23. The van der Waals surface area contributed by atoms with Crippen molar-refractivity contribution in [1.82, 2.24) is 0 Å². The van der Waals surface area contributed by atoms with E-state index in [2.05, 4.69) is 0 Å². The normalized spacial score (nSPS) is 14.0. The van der Waals surface area contributed by atoms with Gasteiger partial charge in [0.2, 0.25) is 0 Å². The van der Waals surface area contributed by atoms with Crippen LogP contribution >= 0.6 is 11.6 Å². The number of rotatable bonds is 6. The van der Waals surface area contributed by atoms with Crippen LogP contribution in [0.15, 0.2) is 42.5 Å². The predicted molar refractivity (Wildman–Crippen MR) is 95.6 cm³/mol. The molecule has 25 heavy (non-hydrogen) atoms. The standard InChI is InChI=1S/C20H21ClFNO2/c1-19(2,21)9-10-20(25,16-4-6-17(22)7-5-16)18-8-3-14(12-23)11-15(18)13-24/h3-8,11,24-25H,9-10,13H2,1-2H3/t20-/m0/s1. The Labute approximate surface area is 152 Å². The molecule has 3 nitrogen and oxygen atoms in total. The molecule has 0 aliphatic heterocycles. The summed E-state index contributed by atoms with van der Waals surface area (Å²) in [6.45, 7) is 3.38. The van der Waals surface area contributed by atoms with Gasteiger partial charge in [0.15, 0.2) is 0 Å². The monoisotopic (exact) mass is 361 g/mol. The first-order valence-electron chi connectivity index (χ1n) is 8.01. The summed E-state index contributed by atoms with van der Waals surface area (Å²) in [4.78, 5) is -0.528. The Hall–Kier alpha value is -1.93. The van der Waals surface area contributed by atoms with Crippen molar-refractivity contribution in [2.75, 3.05) is 0 Å². The third-order valence-corrected chi connectivity index (χ3v) is 4.44. The fourth-order valence-electron chi connectivity index (χ4n) is 2.84. The Morgan fingerprint density at radius 2 is 1.76 bits per heavy atom. The molecular formula is C20H21ClFNO2. The van der Waals surface area contributed by atoms with Gasteiger partial charge in [0.25, 0.3) is 0 Å². The van der Waals surface area contributed by atoms with Crippen molar-refractivity contribution in [3.8, 4) is 6.07 Å². The van der Waals surface area contributed by atoms with Crippen LogP contribution in [0.3, 0.4) is 0 Å². The fourth-order valence-corrected chi connectivity index (χ4v) is 2.93. The molecule has 2 rings (SSSR count). The molecule has 5 heteroatoms. The van der Waals surface area contributed by atoms with Gasteiger partial charge in [-0.25, -0.2) is 4.39 Å². The lowest BCUT2D eigenvalue weighted by molar-refractivity contribution is 0.0636. The summed E-state index contributed by atoms with van der Waals surface area (Å²) in [6.07, 6.45) is 0.779. The highest BCUT2D eigenvalue weighted by atomic mass is 35.5. The number of alkyl halides is 1. The zero-order valence-electron chi connectivity index (χ0n) is 14.3. The number of hydrogen-bond acceptors (Lipinski definition) is 3. The van der Waals surface area contributed by atoms with E-state index in [-0.39, 0.29) is 13.0 Å². The van der Waals surface area contributed by atoms with Crippen LogP contribution < -0.4 is 0 Å². The van der Waals surface area contributed by atoms with Gasteiger partial charge in [-0.15, -0.1) is 11.6 Å². The summed E-state index contributed by atoms with van der Waals surface area (Å²) in [6, 6.07) is 12.4. The average Bonchev–Trinajstić information content (AvgIpc) is 2.59. The van der Waals surface area contributed by atoms with Gasteiger partial charge >= 0.3 is 0 Å². The Morgan fingerprint density at radius 1 is 1.12 bits per heavy atom. The second-order valence-electron chi connectivity index (χ2n) is 6.73. The average molecular weight is 362 g/mol. The van der Waals surface area contributed by atoms with Crippen molar-refractivity contribution in [1.29, 1.82) is 5.26 Å². The minimum atomic E-state index is -1.45. The molecule has 0 amide bonds. The second-order valence-corrected chi connectivity index (χ2v) is 7.75. The van der Waals surface area contributed by atoms with Crippen LogP contribution in [-0.2, 0) is 12.2 Å². The van der Waals surface area contributed by atoms with Crippen LogP contribution in [0.25, 0.3) is 0 Å². The van der Waals surface area contributed by atoms with E-state index >= 15 is 0 Å². The molecule has 0 heterocycles. The molecule has 0 fully saturated rings. The first-order chi connectivity index (χ1) is 11.7. The van der Waals surface area contributed by atoms with Crippen LogP contribution in [0.5, 0.6) is 0 Å². The number of benzene rings is 2. The number of aliphatic hydroxyl groups is 2. The van der Waals surface area contributed by atoms with E-state index in [1.165, 1.54) is 24.3 Å². The molecule has 2 aromatic rings. The Kier molecular flexibility index (Phi) is 5.84. The van der Waals surface area contributed by atoms with Gasteiger partial charge < -0.3 is 10.2 Å². The fraction of sp³-hybridized carbons (Fsp3) is 0.350. The third-order valence-electron chi connectivity index (χ3n) is 4.25. The zero-order chi connectivity index (χ0) is 18.7. The van der Waals surface area contributed by atoms with Crippen molar-refractivity contribution >= 4 is 11.6 Å². The largest absolute Gasteiger partial charge is 0.392 e. The quantitative estimate of drug-likeness (QED) is 0.757. The number of nitriles is 1. The van der Waals surface area contributed by atoms with Gasteiger partial charge in [0.1, 0.15) is 11.4 Å². The molecular weight excluding hydrogens is 341 g/mol. The maximum atomic E-state index is 13.3. The second kappa shape index (κ2) is 7.53. The molecule has 0 radical (unpaired) electrons. The molecule has 0 bridgehead atoms. The molecule has 132 valence electrons. The van der Waals surface area contributed by atoms with E-state index in [1.54, 1.807) is 18.2 Å². The minimum absolute atomic E-state index is 0.286. The van der Waals surface area contributed by atoms with Crippen LogP contribution in [0, 0.1) is 17.1 Å². The van der Waals surface area contributed by atoms with Gasteiger partial charge in [-0.1, -0.05) is 18.2 Å². The Morgan fingerprint density at radius 3 is 2.28 bits per heavy atom. The Balaban J connectivity index is 2.59. The molecule has 0 aliphatic carbocycles. The van der Waals surface area contributed by atoms with Crippen LogP contribution in [0.1, 0.15) is 48.9 Å². The number of halogens is 2. The SMILES string of the molecule is CC(C)(Cl)CC[C@](O)(c1ccc(F)cc1)c1ccc(C#N)cc1CO. The number of nitrogens with zero attached hydrogens (tertiary/aromatic N) is 1. The number of aliphatic hydroxyl groups excluding tert-OH is 1. The first kappa shape index (κ1) is 19.4. The summed E-state index contributed by atoms with van der Waals surface area (Å²) < 4.78 is 13.3. The lowest BCUT2D eigenvalue weighted by atomic mass is 9.78. The van der Waals surface area contributed by atoms with E-state index in [0.717, 1.165) is 0 Å². The van der Waals surface area contributed by atoms with Crippen molar-refractivity contribution in [3.05, 3.63) is 70.5 Å². The third kappa shape index (κ3) is 4.58. The summed E-state index contributed by atoms with van der Waals surface area (Å²) >= 11 is 6.30. The molecule has 0 saturated carbocycles. The van der Waals surface area contributed by atoms with Crippen molar-refractivity contribution in [3.63, 3.8) is 0 Å². The first-order valence-corrected chi connectivity index (χ1v) is 8.39. The van der Waals surface area contributed by atoms with Gasteiger partial charge in [-0.3, -0.25) is 0 Å². The maximum absolute atomic E-state index is 13.3. The Bertz CT molecular complexity index is 778. The molecule has 0 aliphatic rings. The molecule has 2 aromatic carbocycles. The predicted octanol–water partition coefficient (Wildman–Crippen LogP) is 4.22.